The first-order valence-electron chi connectivity index (χ1n) is 11.0. The average Bonchev–Trinajstić information content (AvgIpc) is 3.63. The second-order valence-electron chi connectivity index (χ2n) is 8.11. The third-order valence-electron chi connectivity index (χ3n) is 5.86. The molecule has 0 radical (unpaired) electrons. The van der Waals surface area contributed by atoms with Gasteiger partial charge >= 0.3 is 6.09 Å². The molecule has 0 bridgehead atoms. The summed E-state index contributed by atoms with van der Waals surface area (Å²) in [7, 11) is 0. The van der Waals surface area contributed by atoms with Crippen LogP contribution in [0.4, 0.5) is 15.6 Å². The molecule has 2 aromatic carbocycles. The predicted octanol–water partition coefficient (Wildman–Crippen LogP) is 4.94. The van der Waals surface area contributed by atoms with Gasteiger partial charge in [-0.15, -0.1) is 11.3 Å². The van der Waals surface area contributed by atoms with Gasteiger partial charge in [0.05, 0.1) is 10.6 Å². The number of carbonyl (C=O) groups excluding carboxylic acids is 2. The van der Waals surface area contributed by atoms with Gasteiger partial charge in [-0.25, -0.2) is 9.78 Å². The molecule has 1 atom stereocenters. The number of H-pyrrole nitrogens is 1. The number of nitrogens with zero attached hydrogens (tertiary/aromatic N) is 3. The number of hydrogen-bond donors (Lipinski definition) is 2. The maximum atomic E-state index is 12.9. The summed E-state index contributed by atoms with van der Waals surface area (Å²) in [6.45, 7) is 0.577. The van der Waals surface area contributed by atoms with Crippen molar-refractivity contribution < 1.29 is 19.2 Å². The van der Waals surface area contributed by atoms with Crippen LogP contribution in [0.15, 0.2) is 60.1 Å². The summed E-state index contributed by atoms with van der Waals surface area (Å²) in [5, 5.41) is 17.0. The van der Waals surface area contributed by atoms with E-state index >= 15 is 0 Å². The number of aromatic amines is 1. The van der Waals surface area contributed by atoms with E-state index in [1.54, 1.807) is 23.7 Å². The zero-order valence-corrected chi connectivity index (χ0v) is 19.3. The number of benzene rings is 2. The number of likely N-dealkylation sites (tertiary alicyclic amines) is 1. The molecule has 4 aromatic rings. The number of hydrogen-bond acceptors (Lipinski definition) is 7. The van der Waals surface area contributed by atoms with E-state index in [1.807, 2.05) is 30.3 Å². The van der Waals surface area contributed by atoms with Gasteiger partial charge in [0.15, 0.2) is 5.13 Å². The molecular formula is C24H21N5O5S. The summed E-state index contributed by atoms with van der Waals surface area (Å²) in [6.07, 6.45) is 2.34. The maximum Gasteiger partial charge on any atom is 0.410 e. The van der Waals surface area contributed by atoms with Crippen molar-refractivity contribution in [2.75, 3.05) is 11.9 Å². The van der Waals surface area contributed by atoms with Crippen molar-refractivity contribution in [3.8, 4) is 11.3 Å². The number of carbonyl (C=O) groups is 2. The molecule has 11 heteroatoms. The monoisotopic (exact) mass is 491 g/mol. The highest BCUT2D eigenvalue weighted by molar-refractivity contribution is 7.14. The molecule has 5 rings (SSSR count). The normalized spacial score (nSPS) is 15.3. The van der Waals surface area contributed by atoms with Crippen molar-refractivity contribution in [3.05, 3.63) is 75.8 Å². The van der Waals surface area contributed by atoms with Gasteiger partial charge in [0.25, 0.3) is 5.69 Å². The standard InChI is InChI=1S/C24H21N5O5S/c30-22(19-7-4-10-28(19)24(31)34-13-15-5-2-1-3-6-15)27-23-26-18(14-35-23)17-11-16-8-9-25-21(16)20(12-17)29(32)33/h1-3,5-6,8-9,11-12,14,19,25H,4,7,10,13H2,(H,26,27,30)/t19-/m1/s1. The Morgan fingerprint density at radius 3 is 2.89 bits per heavy atom. The molecule has 2 amide bonds. The minimum Gasteiger partial charge on any atom is -0.445 e. The first-order valence-corrected chi connectivity index (χ1v) is 11.9. The fourth-order valence-electron chi connectivity index (χ4n) is 4.16. The molecule has 178 valence electrons. The molecule has 2 N–H and O–H groups in total. The van der Waals surface area contributed by atoms with Crippen LogP contribution in [0.3, 0.4) is 0 Å². The van der Waals surface area contributed by atoms with Gasteiger partial charge in [-0.05, 0) is 30.5 Å². The number of nitro groups is 1. The number of rotatable bonds is 6. The molecule has 1 saturated heterocycles. The van der Waals surface area contributed by atoms with Crippen molar-refractivity contribution in [3.63, 3.8) is 0 Å². The van der Waals surface area contributed by atoms with Gasteiger partial charge in [-0.2, -0.15) is 0 Å². The molecule has 0 unspecified atom stereocenters. The third-order valence-corrected chi connectivity index (χ3v) is 6.62. The maximum absolute atomic E-state index is 12.9. The molecular weight excluding hydrogens is 470 g/mol. The highest BCUT2D eigenvalue weighted by Gasteiger charge is 2.35. The zero-order valence-electron chi connectivity index (χ0n) is 18.5. The number of amides is 2. The Morgan fingerprint density at radius 1 is 1.26 bits per heavy atom. The topological polar surface area (TPSA) is 130 Å². The molecule has 10 nitrogen and oxygen atoms in total. The fourth-order valence-corrected chi connectivity index (χ4v) is 4.88. The lowest BCUT2D eigenvalue weighted by molar-refractivity contribution is -0.383. The Labute approximate surface area is 203 Å². The van der Waals surface area contributed by atoms with Crippen molar-refractivity contribution in [1.29, 1.82) is 0 Å². The quantitative estimate of drug-likeness (QED) is 0.290. The summed E-state index contributed by atoms with van der Waals surface area (Å²) in [6, 6.07) is 13.7. The van der Waals surface area contributed by atoms with Crippen molar-refractivity contribution in [1.82, 2.24) is 14.9 Å². The number of nitro benzene ring substituents is 1. The highest BCUT2D eigenvalue weighted by atomic mass is 32.1. The van der Waals surface area contributed by atoms with Crippen LogP contribution < -0.4 is 5.32 Å². The summed E-state index contributed by atoms with van der Waals surface area (Å²) in [5.74, 6) is -0.341. The lowest BCUT2D eigenvalue weighted by atomic mass is 10.1. The van der Waals surface area contributed by atoms with E-state index in [1.165, 1.54) is 22.3 Å². The minimum absolute atomic E-state index is 0.0447. The first kappa shape index (κ1) is 22.5. The second kappa shape index (κ2) is 9.55. The Kier molecular flexibility index (Phi) is 6.15. The smallest absolute Gasteiger partial charge is 0.410 e. The van der Waals surface area contributed by atoms with E-state index in [9.17, 15) is 19.7 Å². The highest BCUT2D eigenvalue weighted by Crippen LogP contribution is 2.33. The number of aromatic nitrogens is 2. The van der Waals surface area contributed by atoms with Gasteiger partial charge in [0, 0.05) is 35.1 Å². The van der Waals surface area contributed by atoms with E-state index in [2.05, 4.69) is 15.3 Å². The van der Waals surface area contributed by atoms with E-state index in [0.717, 1.165) is 5.56 Å². The molecule has 0 spiro atoms. The summed E-state index contributed by atoms with van der Waals surface area (Å²) in [4.78, 5) is 45.4. The average molecular weight is 492 g/mol. The summed E-state index contributed by atoms with van der Waals surface area (Å²) in [5.41, 5.74) is 2.36. The SMILES string of the molecule is O=C(Nc1nc(-c2cc([N+](=O)[O-])c3[nH]ccc3c2)cs1)[C@H]1CCCN1C(=O)OCc1ccccc1. The fraction of sp³-hybridized carbons (Fsp3) is 0.208. The van der Waals surface area contributed by atoms with Crippen molar-refractivity contribution in [2.24, 2.45) is 0 Å². The summed E-state index contributed by atoms with van der Waals surface area (Å²) >= 11 is 1.21. The third kappa shape index (κ3) is 4.71. The van der Waals surface area contributed by atoms with E-state index < -0.39 is 17.1 Å². The Morgan fingerprint density at radius 2 is 2.09 bits per heavy atom. The lowest BCUT2D eigenvalue weighted by Gasteiger charge is -2.22. The number of anilines is 1. The Hall–Kier alpha value is -4.25. The number of fused-ring (bicyclic) bond motifs is 1. The molecule has 1 aliphatic rings. The first-order chi connectivity index (χ1) is 17.0. The molecule has 35 heavy (non-hydrogen) atoms. The van der Waals surface area contributed by atoms with Crippen LogP contribution >= 0.6 is 11.3 Å². The van der Waals surface area contributed by atoms with Crippen LogP contribution in [0.2, 0.25) is 0 Å². The van der Waals surface area contributed by atoms with Crippen LogP contribution in [0, 0.1) is 10.1 Å². The number of ether oxygens (including phenoxy) is 1. The zero-order chi connectivity index (χ0) is 24.4. The van der Waals surface area contributed by atoms with Crippen molar-refractivity contribution in [2.45, 2.75) is 25.5 Å². The molecule has 2 aromatic heterocycles. The van der Waals surface area contributed by atoms with Crippen molar-refractivity contribution >= 4 is 45.1 Å². The van der Waals surface area contributed by atoms with Crippen LogP contribution in [0.25, 0.3) is 22.2 Å². The Balaban J connectivity index is 1.27. The van der Waals surface area contributed by atoms with E-state index in [4.69, 9.17) is 4.74 Å². The molecule has 3 heterocycles. The lowest BCUT2D eigenvalue weighted by Crippen LogP contribution is -2.43. The molecule has 0 saturated carbocycles. The molecule has 0 aliphatic carbocycles. The van der Waals surface area contributed by atoms with Gasteiger partial charge in [0.1, 0.15) is 18.2 Å². The number of thiazole rings is 1. The van der Waals surface area contributed by atoms with Gasteiger partial charge < -0.3 is 15.0 Å². The van der Waals surface area contributed by atoms with Gasteiger partial charge in [-0.3, -0.25) is 19.8 Å². The van der Waals surface area contributed by atoms with Crippen LogP contribution in [0.5, 0.6) is 0 Å². The number of nitrogens with one attached hydrogen (secondary N) is 2. The van der Waals surface area contributed by atoms with Crippen LogP contribution in [-0.4, -0.2) is 44.4 Å². The van der Waals surface area contributed by atoms with E-state index in [-0.39, 0.29) is 18.2 Å². The Bertz CT molecular complexity index is 1400. The van der Waals surface area contributed by atoms with E-state index in [0.29, 0.717) is 46.7 Å². The summed E-state index contributed by atoms with van der Waals surface area (Å²) < 4.78 is 5.40. The molecule has 1 aliphatic heterocycles. The van der Waals surface area contributed by atoms with Crippen LogP contribution in [0.1, 0.15) is 18.4 Å². The van der Waals surface area contributed by atoms with Crippen LogP contribution in [-0.2, 0) is 16.1 Å². The number of non-ortho nitro benzene ring substituents is 1. The predicted molar refractivity (Wildman–Crippen MR) is 131 cm³/mol. The second-order valence-corrected chi connectivity index (χ2v) is 8.97. The molecule has 1 fully saturated rings. The largest absolute Gasteiger partial charge is 0.445 e. The minimum atomic E-state index is -0.650. The van der Waals surface area contributed by atoms with Gasteiger partial charge in [0.2, 0.25) is 5.91 Å². The van der Waals surface area contributed by atoms with Gasteiger partial charge in [-0.1, -0.05) is 30.3 Å².